The normalized spacial score (nSPS) is 13.3. The Morgan fingerprint density at radius 1 is 1.30 bits per heavy atom. The first-order valence-electron chi connectivity index (χ1n) is 6.25. The Balaban J connectivity index is 2.11. The molecule has 1 N–H and O–H groups in total. The van der Waals surface area contributed by atoms with E-state index in [-0.39, 0.29) is 11.5 Å². The van der Waals surface area contributed by atoms with Crippen LogP contribution in [0.2, 0.25) is 0 Å². The molecule has 0 saturated heterocycles. The zero-order valence-electron chi connectivity index (χ0n) is 10.9. The van der Waals surface area contributed by atoms with Crippen molar-refractivity contribution < 1.29 is 14.7 Å². The standard InChI is InChI=1S/C14H13N3O3/c1-9(18)16-5-6-17-13(16)12(8-15-17)10-3-2-4-11(7-10)14(19)20/h2-4,7-8H,5-6H2,1H3,(H,19,20). The third kappa shape index (κ3) is 1.85. The Morgan fingerprint density at radius 3 is 2.80 bits per heavy atom. The number of hydrogen-bond acceptors (Lipinski definition) is 3. The molecule has 0 fully saturated rings. The van der Waals surface area contributed by atoms with E-state index in [1.165, 1.54) is 13.0 Å². The van der Waals surface area contributed by atoms with Crippen molar-refractivity contribution in [1.82, 2.24) is 9.78 Å². The fourth-order valence-electron chi connectivity index (χ4n) is 2.46. The highest BCUT2D eigenvalue weighted by Crippen LogP contribution is 2.34. The Morgan fingerprint density at radius 2 is 2.10 bits per heavy atom. The van der Waals surface area contributed by atoms with Crippen LogP contribution in [0, 0.1) is 0 Å². The molecule has 0 atom stereocenters. The van der Waals surface area contributed by atoms with E-state index in [1.807, 2.05) is 6.07 Å². The van der Waals surface area contributed by atoms with Crippen molar-refractivity contribution in [3.05, 3.63) is 36.0 Å². The van der Waals surface area contributed by atoms with Crippen molar-refractivity contribution in [3.63, 3.8) is 0 Å². The summed E-state index contributed by atoms with van der Waals surface area (Å²) in [6.07, 6.45) is 1.67. The molecule has 1 amide bonds. The third-order valence-corrected chi connectivity index (χ3v) is 3.40. The molecule has 0 unspecified atom stereocenters. The predicted molar refractivity (Wildman–Crippen MR) is 72.6 cm³/mol. The van der Waals surface area contributed by atoms with Gasteiger partial charge in [-0.1, -0.05) is 12.1 Å². The van der Waals surface area contributed by atoms with Crippen LogP contribution < -0.4 is 4.90 Å². The fourth-order valence-corrected chi connectivity index (χ4v) is 2.46. The maximum Gasteiger partial charge on any atom is 0.335 e. The molecule has 6 nitrogen and oxygen atoms in total. The number of benzene rings is 1. The Bertz CT molecular complexity index is 705. The Hall–Kier alpha value is -2.63. The van der Waals surface area contributed by atoms with Gasteiger partial charge >= 0.3 is 5.97 Å². The number of fused-ring (bicyclic) bond motifs is 1. The minimum absolute atomic E-state index is 0.0418. The van der Waals surface area contributed by atoms with Crippen LogP contribution in [0.15, 0.2) is 30.5 Å². The average molecular weight is 271 g/mol. The van der Waals surface area contributed by atoms with Gasteiger partial charge in [-0.2, -0.15) is 5.10 Å². The summed E-state index contributed by atoms with van der Waals surface area (Å²) in [7, 11) is 0. The van der Waals surface area contributed by atoms with Crippen molar-refractivity contribution >= 4 is 17.7 Å². The number of nitrogens with zero attached hydrogens (tertiary/aromatic N) is 3. The lowest BCUT2D eigenvalue weighted by Gasteiger charge is -2.14. The van der Waals surface area contributed by atoms with E-state index in [2.05, 4.69) is 5.10 Å². The number of amides is 1. The molecular formula is C14H13N3O3. The van der Waals surface area contributed by atoms with Gasteiger partial charge in [0.05, 0.1) is 18.3 Å². The predicted octanol–water partition coefficient (Wildman–Crippen LogP) is 1.61. The van der Waals surface area contributed by atoms with Crippen LogP contribution in [0.3, 0.4) is 0 Å². The SMILES string of the molecule is CC(=O)N1CCn2ncc(-c3cccc(C(=O)O)c3)c21. The number of anilines is 1. The van der Waals surface area contributed by atoms with Gasteiger partial charge in [0.25, 0.3) is 0 Å². The second-order valence-electron chi connectivity index (χ2n) is 4.66. The Kier molecular flexibility index (Phi) is 2.78. The number of rotatable bonds is 2. The van der Waals surface area contributed by atoms with Gasteiger partial charge in [-0.15, -0.1) is 0 Å². The van der Waals surface area contributed by atoms with E-state index in [9.17, 15) is 9.59 Å². The molecule has 0 saturated carbocycles. The topological polar surface area (TPSA) is 75.4 Å². The Labute approximate surface area is 115 Å². The fraction of sp³-hybridized carbons (Fsp3) is 0.214. The van der Waals surface area contributed by atoms with Crippen LogP contribution >= 0.6 is 0 Å². The van der Waals surface area contributed by atoms with Crippen molar-refractivity contribution in [1.29, 1.82) is 0 Å². The molecule has 1 aliphatic heterocycles. The van der Waals surface area contributed by atoms with Gasteiger partial charge in [0.1, 0.15) is 5.82 Å². The first-order chi connectivity index (χ1) is 9.58. The molecule has 2 aromatic rings. The molecule has 2 heterocycles. The van der Waals surface area contributed by atoms with Crippen LogP contribution in [-0.4, -0.2) is 33.3 Å². The summed E-state index contributed by atoms with van der Waals surface area (Å²) in [5.74, 6) is -0.279. The maximum atomic E-state index is 11.7. The lowest BCUT2D eigenvalue weighted by Crippen LogP contribution is -2.26. The minimum atomic E-state index is -0.973. The van der Waals surface area contributed by atoms with Crippen LogP contribution in [0.4, 0.5) is 5.82 Å². The van der Waals surface area contributed by atoms with Crippen molar-refractivity contribution in [2.75, 3.05) is 11.4 Å². The lowest BCUT2D eigenvalue weighted by atomic mass is 10.1. The van der Waals surface area contributed by atoms with E-state index in [1.54, 1.807) is 27.9 Å². The molecule has 102 valence electrons. The summed E-state index contributed by atoms with van der Waals surface area (Å²) in [5.41, 5.74) is 1.75. The summed E-state index contributed by atoms with van der Waals surface area (Å²) < 4.78 is 1.77. The number of carbonyl (C=O) groups is 2. The van der Waals surface area contributed by atoms with E-state index in [0.29, 0.717) is 13.1 Å². The van der Waals surface area contributed by atoms with Gasteiger partial charge in [-0.3, -0.25) is 9.69 Å². The van der Waals surface area contributed by atoms with E-state index in [4.69, 9.17) is 5.11 Å². The van der Waals surface area contributed by atoms with Crippen LogP contribution in [0.1, 0.15) is 17.3 Å². The molecule has 0 aliphatic carbocycles. The number of carboxylic acid groups (broad SMARTS) is 1. The van der Waals surface area contributed by atoms with E-state index in [0.717, 1.165) is 16.9 Å². The molecule has 0 radical (unpaired) electrons. The molecule has 1 aromatic carbocycles. The molecule has 3 rings (SSSR count). The first kappa shape index (κ1) is 12.4. The highest BCUT2D eigenvalue weighted by molar-refractivity contribution is 5.97. The van der Waals surface area contributed by atoms with Crippen LogP contribution in [0.5, 0.6) is 0 Å². The highest BCUT2D eigenvalue weighted by Gasteiger charge is 2.27. The van der Waals surface area contributed by atoms with Crippen LogP contribution in [0.25, 0.3) is 11.1 Å². The van der Waals surface area contributed by atoms with Crippen LogP contribution in [-0.2, 0) is 11.3 Å². The average Bonchev–Trinajstić information content (AvgIpc) is 2.99. The lowest BCUT2D eigenvalue weighted by molar-refractivity contribution is -0.116. The highest BCUT2D eigenvalue weighted by atomic mass is 16.4. The van der Waals surface area contributed by atoms with Gasteiger partial charge in [-0.05, 0) is 17.7 Å². The minimum Gasteiger partial charge on any atom is -0.478 e. The molecular weight excluding hydrogens is 258 g/mol. The van der Waals surface area contributed by atoms with Crippen molar-refractivity contribution in [3.8, 4) is 11.1 Å². The molecule has 20 heavy (non-hydrogen) atoms. The molecule has 1 aromatic heterocycles. The molecule has 6 heteroatoms. The van der Waals surface area contributed by atoms with E-state index >= 15 is 0 Å². The zero-order chi connectivity index (χ0) is 14.3. The summed E-state index contributed by atoms with van der Waals surface area (Å²) >= 11 is 0. The number of carbonyl (C=O) groups excluding carboxylic acids is 1. The number of carboxylic acids is 1. The van der Waals surface area contributed by atoms with Gasteiger partial charge < -0.3 is 5.11 Å². The first-order valence-corrected chi connectivity index (χ1v) is 6.25. The third-order valence-electron chi connectivity index (χ3n) is 3.40. The number of aromatic nitrogens is 2. The van der Waals surface area contributed by atoms with Crippen molar-refractivity contribution in [2.45, 2.75) is 13.5 Å². The zero-order valence-corrected chi connectivity index (χ0v) is 10.9. The second kappa shape index (κ2) is 4.48. The van der Waals surface area contributed by atoms with E-state index < -0.39 is 5.97 Å². The molecule has 0 spiro atoms. The monoisotopic (exact) mass is 271 g/mol. The molecule has 0 bridgehead atoms. The summed E-state index contributed by atoms with van der Waals surface area (Å²) in [6, 6.07) is 6.64. The molecule has 1 aliphatic rings. The van der Waals surface area contributed by atoms with Gasteiger partial charge in [-0.25, -0.2) is 9.48 Å². The number of hydrogen-bond donors (Lipinski definition) is 1. The van der Waals surface area contributed by atoms with Gasteiger partial charge in [0.2, 0.25) is 5.91 Å². The maximum absolute atomic E-state index is 11.7. The smallest absolute Gasteiger partial charge is 0.335 e. The summed E-state index contributed by atoms with van der Waals surface area (Å²) in [6.45, 7) is 2.78. The second-order valence-corrected chi connectivity index (χ2v) is 4.66. The summed E-state index contributed by atoms with van der Waals surface area (Å²) in [5, 5.41) is 13.3. The van der Waals surface area contributed by atoms with Gasteiger partial charge in [0.15, 0.2) is 0 Å². The number of aromatic carboxylic acids is 1. The quantitative estimate of drug-likeness (QED) is 0.900. The largest absolute Gasteiger partial charge is 0.478 e. The summed E-state index contributed by atoms with van der Waals surface area (Å²) in [4.78, 5) is 24.4. The van der Waals surface area contributed by atoms with Gasteiger partial charge in [0, 0.05) is 19.0 Å². The van der Waals surface area contributed by atoms with Crippen molar-refractivity contribution in [2.24, 2.45) is 0 Å².